The number of rotatable bonds is 1. The molecule has 1 fully saturated rings. The Bertz CT molecular complexity index is 885. The molecule has 0 N–H and O–H groups in total. The average Bonchev–Trinajstić information content (AvgIpc) is 3.05. The third kappa shape index (κ3) is 3.43. The highest BCUT2D eigenvalue weighted by molar-refractivity contribution is 5.80. The third-order valence-corrected chi connectivity index (χ3v) is 4.30. The smallest absolute Gasteiger partial charge is 0.304 e. The Labute approximate surface area is 144 Å². The summed E-state index contributed by atoms with van der Waals surface area (Å²) < 4.78 is 29.8. The third-order valence-electron chi connectivity index (χ3n) is 4.30. The number of hydrogen-bond acceptors (Lipinski definition) is 2. The van der Waals surface area contributed by atoms with E-state index in [-0.39, 0.29) is 6.03 Å². The molecule has 1 aromatic carbocycles. The second kappa shape index (κ2) is 6.85. The van der Waals surface area contributed by atoms with Crippen LogP contribution >= 0.6 is 0 Å². The zero-order chi connectivity index (χ0) is 18.0. The predicted octanol–water partition coefficient (Wildman–Crippen LogP) is 2.63. The number of hydrogen-bond donors (Lipinski definition) is 0. The molecule has 0 saturated carbocycles. The van der Waals surface area contributed by atoms with Crippen LogP contribution in [-0.2, 0) is 7.05 Å². The highest BCUT2D eigenvalue weighted by atomic mass is 19.2. The van der Waals surface area contributed by atoms with Crippen molar-refractivity contribution < 1.29 is 18.1 Å². The number of halogens is 2. The Morgan fingerprint density at radius 2 is 1.96 bits per heavy atom. The first kappa shape index (κ1) is 16.8. The quantitative estimate of drug-likeness (QED) is 0.590. The van der Waals surface area contributed by atoms with Gasteiger partial charge in [-0.3, -0.25) is 0 Å². The van der Waals surface area contributed by atoms with Crippen molar-refractivity contribution in [1.82, 2.24) is 9.47 Å². The molecule has 0 aliphatic carbocycles. The molecule has 0 spiro atoms. The Balaban J connectivity index is 1.77. The lowest BCUT2D eigenvalue weighted by molar-refractivity contribution is -0.670. The minimum absolute atomic E-state index is 0.119. The number of aryl methyl sites for hydroxylation is 1. The number of likely N-dealkylation sites (tertiary alicyclic amines) is 1. The van der Waals surface area contributed by atoms with Crippen molar-refractivity contribution in [2.75, 3.05) is 13.1 Å². The lowest BCUT2D eigenvalue weighted by Gasteiger charge is -2.27. The summed E-state index contributed by atoms with van der Waals surface area (Å²) in [6.45, 7) is 0.954. The average molecular weight is 343 g/mol. The maximum absolute atomic E-state index is 13.4. The first-order chi connectivity index (χ1) is 12.0. The minimum Gasteiger partial charge on any atom is -0.304 e. The molecule has 0 radical (unpaired) electrons. The molecular weight excluding hydrogens is 326 g/mol. The van der Waals surface area contributed by atoms with Crippen molar-refractivity contribution in [1.29, 1.82) is 5.26 Å². The van der Waals surface area contributed by atoms with E-state index in [4.69, 9.17) is 0 Å². The molecule has 0 atom stereocenters. The molecule has 128 valence electrons. The van der Waals surface area contributed by atoms with E-state index in [0.717, 1.165) is 17.7 Å². The SMILES string of the molecule is C[n+]1ccn(C(=O)N2CCC(=C(C#N)c3ccc(F)c(F)c3)CC2)c1. The second-order valence-electron chi connectivity index (χ2n) is 5.98. The van der Waals surface area contributed by atoms with Crippen LogP contribution in [0.25, 0.3) is 5.57 Å². The summed E-state index contributed by atoms with van der Waals surface area (Å²) in [6.07, 6.45) is 6.22. The monoisotopic (exact) mass is 343 g/mol. The van der Waals surface area contributed by atoms with E-state index in [9.17, 15) is 18.8 Å². The molecule has 1 aromatic heterocycles. The molecule has 0 unspecified atom stereocenters. The summed E-state index contributed by atoms with van der Waals surface area (Å²) in [5.74, 6) is -1.91. The molecule has 1 aliphatic rings. The van der Waals surface area contributed by atoms with Gasteiger partial charge < -0.3 is 4.90 Å². The van der Waals surface area contributed by atoms with Crippen LogP contribution < -0.4 is 4.57 Å². The summed E-state index contributed by atoms with van der Waals surface area (Å²) in [6, 6.07) is 5.44. The molecule has 1 amide bonds. The van der Waals surface area contributed by atoms with Crippen molar-refractivity contribution in [3.05, 3.63) is 59.7 Å². The van der Waals surface area contributed by atoms with Crippen molar-refractivity contribution in [3.63, 3.8) is 0 Å². The lowest BCUT2D eigenvalue weighted by Crippen LogP contribution is -2.39. The number of benzene rings is 1. The molecule has 5 nitrogen and oxygen atoms in total. The number of imidazole rings is 1. The molecule has 25 heavy (non-hydrogen) atoms. The van der Waals surface area contributed by atoms with E-state index in [1.54, 1.807) is 28.2 Å². The number of piperidine rings is 1. The number of allylic oxidation sites excluding steroid dienone is 1. The van der Waals surface area contributed by atoms with Crippen molar-refractivity contribution in [2.45, 2.75) is 12.8 Å². The first-order valence-electron chi connectivity index (χ1n) is 7.89. The van der Waals surface area contributed by atoms with E-state index in [2.05, 4.69) is 6.07 Å². The van der Waals surface area contributed by atoms with Crippen molar-refractivity contribution in [2.24, 2.45) is 7.05 Å². The number of carbonyl (C=O) groups excluding carboxylic acids is 1. The maximum atomic E-state index is 13.4. The Kier molecular flexibility index (Phi) is 4.61. The van der Waals surface area contributed by atoms with Gasteiger partial charge in [0.1, 0.15) is 12.4 Å². The van der Waals surface area contributed by atoms with Crippen molar-refractivity contribution >= 4 is 11.6 Å². The van der Waals surface area contributed by atoms with E-state index >= 15 is 0 Å². The fourth-order valence-corrected chi connectivity index (χ4v) is 2.94. The molecular formula is C18H17F2N4O+. The van der Waals surface area contributed by atoms with Gasteiger partial charge in [-0.25, -0.2) is 18.1 Å². The zero-order valence-electron chi connectivity index (χ0n) is 13.7. The largest absolute Gasteiger partial charge is 0.415 e. The fraction of sp³-hybridized carbons (Fsp3) is 0.278. The van der Waals surface area contributed by atoms with Crippen LogP contribution in [0, 0.1) is 23.0 Å². The van der Waals surface area contributed by atoms with Gasteiger partial charge >= 0.3 is 6.03 Å². The Morgan fingerprint density at radius 1 is 1.24 bits per heavy atom. The van der Waals surface area contributed by atoms with Crippen LogP contribution in [0.5, 0.6) is 0 Å². The highest BCUT2D eigenvalue weighted by Crippen LogP contribution is 2.27. The highest BCUT2D eigenvalue weighted by Gasteiger charge is 2.25. The van der Waals surface area contributed by atoms with Gasteiger partial charge in [-0.1, -0.05) is 6.07 Å². The van der Waals surface area contributed by atoms with Crippen LogP contribution in [-0.4, -0.2) is 28.6 Å². The van der Waals surface area contributed by atoms with Gasteiger partial charge in [-0.15, -0.1) is 0 Å². The summed E-state index contributed by atoms with van der Waals surface area (Å²) >= 11 is 0. The van der Waals surface area contributed by atoms with Gasteiger partial charge in [0, 0.05) is 13.1 Å². The number of nitrogens with zero attached hydrogens (tertiary/aromatic N) is 4. The number of amides is 1. The molecule has 1 saturated heterocycles. The first-order valence-corrected chi connectivity index (χ1v) is 7.89. The van der Waals surface area contributed by atoms with Gasteiger partial charge in [0.05, 0.1) is 18.7 Å². The summed E-state index contributed by atoms with van der Waals surface area (Å²) in [4.78, 5) is 14.1. The van der Waals surface area contributed by atoms with Gasteiger partial charge in [0.25, 0.3) is 6.33 Å². The number of nitriles is 1. The van der Waals surface area contributed by atoms with E-state index in [1.807, 2.05) is 7.05 Å². The van der Waals surface area contributed by atoms with Crippen LogP contribution in [0.2, 0.25) is 0 Å². The standard InChI is InChI=1S/C18H17F2N4O/c1-22-8-9-24(12-22)18(25)23-6-4-13(5-7-23)15(11-21)14-2-3-16(19)17(20)10-14/h2-3,8-10,12H,4-7H2,1H3/q+1. The summed E-state index contributed by atoms with van der Waals surface area (Å²) in [7, 11) is 1.84. The van der Waals surface area contributed by atoms with Crippen LogP contribution in [0.3, 0.4) is 0 Å². The van der Waals surface area contributed by atoms with Crippen LogP contribution in [0.4, 0.5) is 13.6 Å². The number of carbonyl (C=O) groups is 1. The van der Waals surface area contributed by atoms with Crippen LogP contribution in [0.1, 0.15) is 18.4 Å². The molecule has 2 heterocycles. The molecule has 0 bridgehead atoms. The van der Waals surface area contributed by atoms with Gasteiger partial charge in [-0.2, -0.15) is 9.83 Å². The summed E-state index contributed by atoms with van der Waals surface area (Å²) in [5.41, 5.74) is 1.59. The van der Waals surface area contributed by atoms with Crippen molar-refractivity contribution in [3.8, 4) is 6.07 Å². The molecule has 7 heteroatoms. The topological polar surface area (TPSA) is 52.9 Å². The lowest BCUT2D eigenvalue weighted by atomic mass is 9.94. The Hall–Kier alpha value is -3.01. The maximum Gasteiger partial charge on any atom is 0.415 e. The number of aromatic nitrogens is 2. The van der Waals surface area contributed by atoms with Crippen LogP contribution in [0.15, 0.2) is 42.5 Å². The van der Waals surface area contributed by atoms with E-state index in [0.29, 0.717) is 37.1 Å². The predicted molar refractivity (Wildman–Crippen MR) is 86.1 cm³/mol. The van der Waals surface area contributed by atoms with Gasteiger partial charge in [-0.05, 0) is 36.1 Å². The normalized spacial score (nSPS) is 14.3. The van der Waals surface area contributed by atoms with E-state index < -0.39 is 11.6 Å². The molecule has 3 rings (SSSR count). The van der Waals surface area contributed by atoms with E-state index in [1.165, 1.54) is 10.6 Å². The minimum atomic E-state index is -0.973. The zero-order valence-corrected chi connectivity index (χ0v) is 13.7. The fourth-order valence-electron chi connectivity index (χ4n) is 2.94. The molecule has 2 aromatic rings. The Morgan fingerprint density at radius 3 is 2.52 bits per heavy atom. The van der Waals surface area contributed by atoms with Gasteiger partial charge in [0.2, 0.25) is 0 Å². The molecule has 1 aliphatic heterocycles. The van der Waals surface area contributed by atoms with Gasteiger partial charge in [0.15, 0.2) is 11.6 Å². The second-order valence-corrected chi connectivity index (χ2v) is 5.98. The summed E-state index contributed by atoms with van der Waals surface area (Å²) in [5, 5.41) is 9.44.